The number of carbonyl (C=O) groups is 2. The Balaban J connectivity index is 1.70. The van der Waals surface area contributed by atoms with Crippen molar-refractivity contribution in [1.29, 1.82) is 0 Å². The van der Waals surface area contributed by atoms with Gasteiger partial charge in [-0.05, 0) is 51.7 Å². The predicted octanol–water partition coefficient (Wildman–Crippen LogP) is 3.71. The summed E-state index contributed by atoms with van der Waals surface area (Å²) in [5, 5.41) is 1.38. The van der Waals surface area contributed by atoms with E-state index in [1.54, 1.807) is 0 Å². The summed E-state index contributed by atoms with van der Waals surface area (Å²) in [5.41, 5.74) is 1.98. The van der Waals surface area contributed by atoms with Crippen LogP contribution in [0.1, 0.15) is 58.4 Å². The van der Waals surface area contributed by atoms with Gasteiger partial charge in [0.25, 0.3) is 0 Å². The van der Waals surface area contributed by atoms with Crippen molar-refractivity contribution >= 4 is 18.0 Å². The van der Waals surface area contributed by atoms with E-state index in [9.17, 15) is 9.59 Å². The summed E-state index contributed by atoms with van der Waals surface area (Å²) in [6.45, 7) is 7.16. The summed E-state index contributed by atoms with van der Waals surface area (Å²) in [4.78, 5) is 30.7. The maximum atomic E-state index is 12.2. The molecule has 0 atom stereocenters. The number of amides is 2. The third-order valence-electron chi connectivity index (χ3n) is 4.21. The summed E-state index contributed by atoms with van der Waals surface area (Å²) >= 11 is 0. The van der Waals surface area contributed by atoms with Crippen LogP contribution < -0.4 is 4.90 Å². The first-order valence-corrected chi connectivity index (χ1v) is 9.20. The third-order valence-corrected chi connectivity index (χ3v) is 4.21. The fourth-order valence-electron chi connectivity index (χ4n) is 3.10. The molecule has 0 saturated carbocycles. The van der Waals surface area contributed by atoms with Crippen molar-refractivity contribution in [3.63, 3.8) is 0 Å². The van der Waals surface area contributed by atoms with E-state index in [2.05, 4.69) is 6.07 Å². The SMILES string of the molecule is CC(C)(C)ON(C=O)CCCCCCN1C(=O)CCc2ccccc21. The third kappa shape index (κ3) is 6.16. The van der Waals surface area contributed by atoms with Crippen LogP contribution in [0.3, 0.4) is 0 Å². The van der Waals surface area contributed by atoms with E-state index in [1.807, 2.05) is 43.9 Å². The summed E-state index contributed by atoms with van der Waals surface area (Å²) in [5.74, 6) is 0.226. The van der Waals surface area contributed by atoms with Gasteiger partial charge < -0.3 is 4.90 Å². The van der Waals surface area contributed by atoms with Crippen LogP contribution in [0.15, 0.2) is 24.3 Å². The number of aryl methyl sites for hydroxylation is 1. The molecule has 1 aliphatic rings. The highest BCUT2D eigenvalue weighted by atomic mass is 16.7. The Hall–Kier alpha value is -1.88. The number of fused-ring (bicyclic) bond motifs is 1. The molecule has 0 unspecified atom stereocenters. The molecular formula is C20H30N2O3. The van der Waals surface area contributed by atoms with Gasteiger partial charge >= 0.3 is 0 Å². The van der Waals surface area contributed by atoms with Crippen LogP contribution in [-0.4, -0.2) is 36.1 Å². The maximum Gasteiger partial charge on any atom is 0.233 e. The molecule has 5 nitrogen and oxygen atoms in total. The Morgan fingerprint density at radius 3 is 2.56 bits per heavy atom. The van der Waals surface area contributed by atoms with Crippen molar-refractivity contribution in [3.8, 4) is 0 Å². The van der Waals surface area contributed by atoms with Crippen molar-refractivity contribution in [2.75, 3.05) is 18.0 Å². The first-order chi connectivity index (χ1) is 11.9. The summed E-state index contributed by atoms with van der Waals surface area (Å²) < 4.78 is 0. The average molecular weight is 346 g/mol. The minimum atomic E-state index is -0.358. The Morgan fingerprint density at radius 1 is 1.12 bits per heavy atom. The molecule has 2 rings (SSSR count). The topological polar surface area (TPSA) is 49.9 Å². The van der Waals surface area contributed by atoms with Crippen LogP contribution >= 0.6 is 0 Å². The molecule has 1 aliphatic heterocycles. The van der Waals surface area contributed by atoms with Gasteiger partial charge in [-0.25, -0.2) is 5.06 Å². The first kappa shape index (κ1) is 19.4. The van der Waals surface area contributed by atoms with E-state index in [4.69, 9.17) is 4.84 Å². The maximum absolute atomic E-state index is 12.2. The summed E-state index contributed by atoms with van der Waals surface area (Å²) in [6, 6.07) is 8.18. The van der Waals surface area contributed by atoms with Gasteiger partial charge in [0.15, 0.2) is 0 Å². The molecule has 1 heterocycles. The second-order valence-corrected chi connectivity index (χ2v) is 7.54. The van der Waals surface area contributed by atoms with E-state index < -0.39 is 0 Å². The highest BCUT2D eigenvalue weighted by Gasteiger charge is 2.22. The van der Waals surface area contributed by atoms with Gasteiger partial charge in [-0.1, -0.05) is 31.0 Å². The molecular weight excluding hydrogens is 316 g/mol. The lowest BCUT2D eigenvalue weighted by molar-refractivity contribution is -0.216. The fourth-order valence-corrected chi connectivity index (χ4v) is 3.10. The minimum absolute atomic E-state index is 0.226. The van der Waals surface area contributed by atoms with E-state index in [0.29, 0.717) is 13.0 Å². The number of hydrogen-bond donors (Lipinski definition) is 0. The Kier molecular flexibility index (Phi) is 7.00. The summed E-state index contributed by atoms with van der Waals surface area (Å²) in [6.07, 6.45) is 6.13. The Morgan fingerprint density at radius 2 is 1.84 bits per heavy atom. The van der Waals surface area contributed by atoms with E-state index in [-0.39, 0.29) is 11.5 Å². The lowest BCUT2D eigenvalue weighted by atomic mass is 10.0. The Bertz CT molecular complexity index is 581. The first-order valence-electron chi connectivity index (χ1n) is 9.20. The lowest BCUT2D eigenvalue weighted by Crippen LogP contribution is -2.35. The zero-order chi connectivity index (χ0) is 18.3. The van der Waals surface area contributed by atoms with Gasteiger partial charge in [0.1, 0.15) is 0 Å². The van der Waals surface area contributed by atoms with Crippen LogP contribution in [-0.2, 0) is 20.8 Å². The molecule has 1 aromatic rings. The van der Waals surface area contributed by atoms with Gasteiger partial charge in [0, 0.05) is 25.2 Å². The molecule has 0 aromatic heterocycles. The monoisotopic (exact) mass is 346 g/mol. The van der Waals surface area contributed by atoms with Crippen molar-refractivity contribution in [3.05, 3.63) is 29.8 Å². The summed E-state index contributed by atoms with van der Waals surface area (Å²) in [7, 11) is 0. The molecule has 0 bridgehead atoms. The smallest absolute Gasteiger partial charge is 0.233 e. The molecule has 1 aromatic carbocycles. The quantitative estimate of drug-likeness (QED) is 0.389. The zero-order valence-corrected chi connectivity index (χ0v) is 15.7. The number of unbranched alkanes of at least 4 members (excludes halogenated alkanes) is 3. The van der Waals surface area contributed by atoms with Gasteiger partial charge in [-0.3, -0.25) is 14.4 Å². The van der Waals surface area contributed by atoms with Crippen molar-refractivity contribution in [2.45, 2.75) is 64.9 Å². The van der Waals surface area contributed by atoms with E-state index in [1.165, 1.54) is 10.6 Å². The van der Waals surface area contributed by atoms with Crippen LogP contribution in [0.5, 0.6) is 0 Å². The molecule has 0 radical (unpaired) electrons. The Labute approximate surface area is 150 Å². The molecule has 0 aliphatic carbocycles. The van der Waals surface area contributed by atoms with Crippen LogP contribution in [0.2, 0.25) is 0 Å². The number of hydrogen-bond acceptors (Lipinski definition) is 3. The average Bonchev–Trinajstić information content (AvgIpc) is 2.57. The van der Waals surface area contributed by atoms with Crippen LogP contribution in [0.4, 0.5) is 5.69 Å². The highest BCUT2D eigenvalue weighted by Crippen LogP contribution is 2.27. The highest BCUT2D eigenvalue weighted by molar-refractivity contribution is 5.96. The number of rotatable bonds is 9. The number of benzene rings is 1. The normalized spacial score (nSPS) is 14.4. The van der Waals surface area contributed by atoms with Gasteiger partial charge in [0.05, 0.1) is 5.60 Å². The largest absolute Gasteiger partial charge is 0.312 e. The molecule has 0 fully saturated rings. The molecule has 2 amide bonds. The second kappa shape index (κ2) is 8.99. The van der Waals surface area contributed by atoms with Gasteiger partial charge in [0.2, 0.25) is 12.3 Å². The van der Waals surface area contributed by atoms with E-state index >= 15 is 0 Å². The number of anilines is 1. The molecule has 138 valence electrons. The van der Waals surface area contributed by atoms with E-state index in [0.717, 1.165) is 50.7 Å². The molecule has 0 saturated heterocycles. The number of nitrogens with zero attached hydrogens (tertiary/aromatic N) is 2. The number of para-hydroxylation sites is 1. The predicted molar refractivity (Wildman–Crippen MR) is 99.2 cm³/mol. The van der Waals surface area contributed by atoms with Crippen molar-refractivity contribution in [1.82, 2.24) is 5.06 Å². The number of carbonyl (C=O) groups excluding carboxylic acids is 2. The molecule has 0 spiro atoms. The van der Waals surface area contributed by atoms with Crippen molar-refractivity contribution in [2.24, 2.45) is 0 Å². The number of hydroxylamine groups is 2. The van der Waals surface area contributed by atoms with Crippen LogP contribution in [0, 0.1) is 0 Å². The standard InChI is InChI=1S/C20H30N2O3/c1-20(2,3)25-21(16-23)14-8-4-5-9-15-22-18-11-7-6-10-17(18)12-13-19(22)24/h6-7,10-11,16H,4-5,8-9,12-15H2,1-3H3. The van der Waals surface area contributed by atoms with Gasteiger partial charge in [-0.15, -0.1) is 0 Å². The lowest BCUT2D eigenvalue weighted by Gasteiger charge is -2.29. The van der Waals surface area contributed by atoms with Crippen LogP contribution in [0.25, 0.3) is 0 Å². The molecule has 5 heteroatoms. The zero-order valence-electron chi connectivity index (χ0n) is 15.7. The van der Waals surface area contributed by atoms with Crippen molar-refractivity contribution < 1.29 is 14.4 Å². The molecule has 25 heavy (non-hydrogen) atoms. The second-order valence-electron chi connectivity index (χ2n) is 7.54. The molecule has 0 N–H and O–H groups in total. The van der Waals surface area contributed by atoms with Gasteiger partial charge in [-0.2, -0.15) is 0 Å². The minimum Gasteiger partial charge on any atom is -0.312 e. The fraction of sp³-hybridized carbons (Fsp3) is 0.600.